The van der Waals surface area contributed by atoms with Gasteiger partial charge in [0.1, 0.15) is 5.56 Å². The summed E-state index contributed by atoms with van der Waals surface area (Å²) in [6, 6.07) is 0.106. The second-order valence-electron chi connectivity index (χ2n) is 7.26. The number of hydrogen-bond donors (Lipinski definition) is 2. The Morgan fingerprint density at radius 3 is 2.36 bits per heavy atom. The van der Waals surface area contributed by atoms with E-state index in [2.05, 4.69) is 31.2 Å². The van der Waals surface area contributed by atoms with E-state index in [0.29, 0.717) is 11.3 Å². The highest BCUT2D eigenvalue weighted by molar-refractivity contribution is 6.03. The summed E-state index contributed by atoms with van der Waals surface area (Å²) < 4.78 is 1.36. The summed E-state index contributed by atoms with van der Waals surface area (Å²) in [5.74, 6) is -0.850. The van der Waals surface area contributed by atoms with Gasteiger partial charge in [-0.1, -0.05) is 20.8 Å². The van der Waals surface area contributed by atoms with E-state index in [9.17, 15) is 9.59 Å². The van der Waals surface area contributed by atoms with Crippen molar-refractivity contribution >= 4 is 11.9 Å². The highest BCUT2D eigenvalue weighted by Crippen LogP contribution is 2.37. The number of carbonyl (C=O) groups excluding carboxylic acids is 1. The SMILES string of the molecule is Cn1cc(C(=O)O)c(C(=O)NC2CCC(C(C)(C)C)CC2)n1. The molecule has 22 heavy (non-hydrogen) atoms. The van der Waals surface area contributed by atoms with Crippen LogP contribution in [0, 0.1) is 11.3 Å². The molecule has 1 fully saturated rings. The Hall–Kier alpha value is -1.85. The van der Waals surface area contributed by atoms with Crippen molar-refractivity contribution in [3.8, 4) is 0 Å². The number of carboxylic acids is 1. The van der Waals surface area contributed by atoms with Gasteiger partial charge < -0.3 is 10.4 Å². The van der Waals surface area contributed by atoms with Crippen LogP contribution in [0.3, 0.4) is 0 Å². The van der Waals surface area contributed by atoms with Crippen molar-refractivity contribution in [3.63, 3.8) is 0 Å². The Balaban J connectivity index is 1.98. The number of carbonyl (C=O) groups is 2. The van der Waals surface area contributed by atoms with Gasteiger partial charge in [0.15, 0.2) is 5.69 Å². The monoisotopic (exact) mass is 307 g/mol. The summed E-state index contributed by atoms with van der Waals surface area (Å²) in [6.45, 7) is 6.76. The third-order valence-electron chi connectivity index (χ3n) is 4.56. The van der Waals surface area contributed by atoms with Gasteiger partial charge in [0.2, 0.25) is 0 Å². The lowest BCUT2D eigenvalue weighted by molar-refractivity contribution is 0.0689. The second-order valence-corrected chi connectivity index (χ2v) is 7.26. The molecule has 0 unspecified atom stereocenters. The first-order chi connectivity index (χ1) is 10.2. The van der Waals surface area contributed by atoms with Crippen molar-refractivity contribution < 1.29 is 14.7 Å². The molecule has 0 aliphatic heterocycles. The summed E-state index contributed by atoms with van der Waals surface area (Å²) in [6.07, 6.45) is 5.39. The average molecular weight is 307 g/mol. The lowest BCUT2D eigenvalue weighted by Gasteiger charge is -2.37. The van der Waals surface area contributed by atoms with Crippen LogP contribution in [0.25, 0.3) is 0 Å². The van der Waals surface area contributed by atoms with Crippen molar-refractivity contribution in [1.82, 2.24) is 15.1 Å². The molecule has 0 spiro atoms. The second kappa shape index (κ2) is 6.10. The van der Waals surface area contributed by atoms with E-state index in [-0.39, 0.29) is 17.3 Å². The van der Waals surface area contributed by atoms with Crippen molar-refractivity contribution in [2.24, 2.45) is 18.4 Å². The third kappa shape index (κ3) is 3.67. The Labute approximate surface area is 130 Å². The fourth-order valence-electron chi connectivity index (χ4n) is 3.17. The van der Waals surface area contributed by atoms with Crippen molar-refractivity contribution in [1.29, 1.82) is 0 Å². The maximum Gasteiger partial charge on any atom is 0.339 e. The molecule has 0 saturated heterocycles. The van der Waals surface area contributed by atoms with Crippen LogP contribution in [-0.4, -0.2) is 32.8 Å². The molecule has 2 rings (SSSR count). The molecule has 1 aromatic heterocycles. The Morgan fingerprint density at radius 2 is 1.86 bits per heavy atom. The molecule has 0 bridgehead atoms. The van der Waals surface area contributed by atoms with Gasteiger partial charge in [-0.05, 0) is 37.0 Å². The van der Waals surface area contributed by atoms with E-state index < -0.39 is 11.9 Å². The van der Waals surface area contributed by atoms with E-state index in [1.165, 1.54) is 10.9 Å². The van der Waals surface area contributed by atoms with Crippen LogP contribution >= 0.6 is 0 Å². The molecule has 6 nitrogen and oxygen atoms in total. The van der Waals surface area contributed by atoms with E-state index in [1.807, 2.05) is 0 Å². The summed E-state index contributed by atoms with van der Waals surface area (Å²) >= 11 is 0. The van der Waals surface area contributed by atoms with Crippen LogP contribution < -0.4 is 5.32 Å². The number of nitrogens with zero attached hydrogens (tertiary/aromatic N) is 2. The molecule has 0 aromatic carbocycles. The van der Waals surface area contributed by atoms with Gasteiger partial charge in [-0.25, -0.2) is 4.79 Å². The molecule has 1 aliphatic rings. The van der Waals surface area contributed by atoms with E-state index in [0.717, 1.165) is 25.7 Å². The van der Waals surface area contributed by atoms with Gasteiger partial charge in [0.25, 0.3) is 5.91 Å². The quantitative estimate of drug-likeness (QED) is 0.898. The minimum atomic E-state index is -1.13. The minimum Gasteiger partial charge on any atom is -0.478 e. The molecule has 1 saturated carbocycles. The maximum absolute atomic E-state index is 12.3. The highest BCUT2D eigenvalue weighted by Gasteiger charge is 2.31. The molecule has 1 aliphatic carbocycles. The number of aromatic carboxylic acids is 1. The predicted octanol–water partition coefficient (Wildman–Crippen LogP) is 2.45. The Morgan fingerprint density at radius 1 is 1.27 bits per heavy atom. The molecule has 1 amide bonds. The molecule has 1 heterocycles. The Kier molecular flexibility index (Phi) is 4.58. The number of aryl methyl sites for hydroxylation is 1. The van der Waals surface area contributed by atoms with Crippen LogP contribution in [0.5, 0.6) is 0 Å². The zero-order valence-electron chi connectivity index (χ0n) is 13.7. The molecule has 1 aromatic rings. The zero-order chi connectivity index (χ0) is 16.5. The normalized spacial score (nSPS) is 22.4. The van der Waals surface area contributed by atoms with Gasteiger partial charge in [-0.2, -0.15) is 5.10 Å². The first-order valence-corrected chi connectivity index (χ1v) is 7.76. The van der Waals surface area contributed by atoms with Gasteiger partial charge in [-0.3, -0.25) is 9.48 Å². The molecule has 6 heteroatoms. The molecule has 0 radical (unpaired) electrons. The van der Waals surface area contributed by atoms with E-state index in [4.69, 9.17) is 5.11 Å². The number of aromatic nitrogens is 2. The summed E-state index contributed by atoms with van der Waals surface area (Å²) in [4.78, 5) is 23.4. The molecule has 2 N–H and O–H groups in total. The van der Waals surface area contributed by atoms with Crippen molar-refractivity contribution in [2.45, 2.75) is 52.5 Å². The van der Waals surface area contributed by atoms with Gasteiger partial charge in [0.05, 0.1) is 0 Å². The first-order valence-electron chi connectivity index (χ1n) is 7.76. The number of rotatable bonds is 3. The predicted molar refractivity (Wildman–Crippen MR) is 82.8 cm³/mol. The average Bonchev–Trinajstić information content (AvgIpc) is 2.81. The van der Waals surface area contributed by atoms with E-state index >= 15 is 0 Å². The van der Waals surface area contributed by atoms with Crippen molar-refractivity contribution in [2.75, 3.05) is 0 Å². The zero-order valence-corrected chi connectivity index (χ0v) is 13.7. The molecule has 0 atom stereocenters. The minimum absolute atomic E-state index is 0.00653. The van der Waals surface area contributed by atoms with Crippen LogP contribution in [0.1, 0.15) is 67.3 Å². The van der Waals surface area contributed by atoms with Crippen LogP contribution in [0.15, 0.2) is 6.20 Å². The summed E-state index contributed by atoms with van der Waals surface area (Å²) in [5.41, 5.74) is 0.239. The topological polar surface area (TPSA) is 84.2 Å². The maximum atomic E-state index is 12.3. The molecular weight excluding hydrogens is 282 g/mol. The van der Waals surface area contributed by atoms with Crippen LogP contribution in [-0.2, 0) is 7.05 Å². The number of nitrogens with one attached hydrogen (secondary N) is 1. The standard InChI is InChI=1S/C16H25N3O3/c1-16(2,3)10-5-7-11(8-6-10)17-14(20)13-12(15(21)22)9-19(4)18-13/h9-11H,5-8H2,1-4H3,(H,17,20)(H,21,22). The first kappa shape index (κ1) is 16.5. The third-order valence-corrected chi connectivity index (χ3v) is 4.56. The van der Waals surface area contributed by atoms with Crippen molar-refractivity contribution in [3.05, 3.63) is 17.5 Å². The molecular formula is C16H25N3O3. The fourth-order valence-corrected chi connectivity index (χ4v) is 3.17. The smallest absolute Gasteiger partial charge is 0.339 e. The lowest BCUT2D eigenvalue weighted by Crippen LogP contribution is -2.40. The van der Waals surface area contributed by atoms with Crippen LogP contribution in [0.2, 0.25) is 0 Å². The van der Waals surface area contributed by atoms with E-state index in [1.54, 1.807) is 7.05 Å². The largest absolute Gasteiger partial charge is 0.478 e. The number of carboxylic acid groups (broad SMARTS) is 1. The number of hydrogen-bond acceptors (Lipinski definition) is 3. The van der Waals surface area contributed by atoms with Gasteiger partial charge >= 0.3 is 5.97 Å². The molecule has 122 valence electrons. The van der Waals surface area contributed by atoms with Gasteiger partial charge in [0, 0.05) is 19.3 Å². The van der Waals surface area contributed by atoms with Gasteiger partial charge in [-0.15, -0.1) is 0 Å². The summed E-state index contributed by atoms with van der Waals surface area (Å²) in [5, 5.41) is 16.0. The number of amides is 1. The highest BCUT2D eigenvalue weighted by atomic mass is 16.4. The lowest BCUT2D eigenvalue weighted by atomic mass is 9.71. The summed E-state index contributed by atoms with van der Waals surface area (Å²) in [7, 11) is 1.61. The van der Waals surface area contributed by atoms with Crippen LogP contribution in [0.4, 0.5) is 0 Å². The Bertz CT molecular complexity index is 564. The fraction of sp³-hybridized carbons (Fsp3) is 0.688.